The first-order valence-electron chi connectivity index (χ1n) is 5.01. The maximum Gasteiger partial charge on any atom is 0.155 e. The highest BCUT2D eigenvalue weighted by atomic mass is 35.5. The number of anilines is 1. The summed E-state index contributed by atoms with van der Waals surface area (Å²) >= 11 is 5.91. The minimum Gasteiger partial charge on any atom is -0.454 e. The van der Waals surface area contributed by atoms with Crippen LogP contribution in [-0.4, -0.2) is 10.2 Å². The third kappa shape index (κ3) is 1.83. The number of nitrogen functional groups attached to an aromatic ring is 1. The smallest absolute Gasteiger partial charge is 0.155 e. The molecule has 0 saturated heterocycles. The minimum absolute atomic E-state index is 0.382. The van der Waals surface area contributed by atoms with Crippen LogP contribution in [0.5, 0.6) is 0 Å². The van der Waals surface area contributed by atoms with Gasteiger partial charge in [-0.05, 0) is 36.4 Å². The van der Waals surface area contributed by atoms with E-state index in [4.69, 9.17) is 21.8 Å². The fourth-order valence-electron chi connectivity index (χ4n) is 1.61. The van der Waals surface area contributed by atoms with Crippen molar-refractivity contribution in [1.82, 2.24) is 10.2 Å². The normalized spacial score (nSPS) is 10.9. The molecule has 1 aromatic carbocycles. The number of hydrogen-bond acceptors (Lipinski definition) is 4. The number of halogens is 1. The Labute approximate surface area is 102 Å². The molecule has 0 aliphatic carbocycles. The lowest BCUT2D eigenvalue weighted by atomic mass is 10.2. The van der Waals surface area contributed by atoms with Gasteiger partial charge in [0.05, 0.1) is 0 Å². The first kappa shape index (κ1) is 10.1. The van der Waals surface area contributed by atoms with Gasteiger partial charge in [0.2, 0.25) is 0 Å². The second-order valence-electron chi connectivity index (χ2n) is 3.64. The molecule has 0 fully saturated rings. The van der Waals surface area contributed by atoms with E-state index in [0.717, 1.165) is 11.0 Å². The Bertz CT molecular complexity index is 676. The molecule has 3 aromatic rings. The molecule has 0 saturated carbocycles. The predicted octanol–water partition coefficient (Wildman–Crippen LogP) is 3.13. The van der Waals surface area contributed by atoms with Gasteiger partial charge < -0.3 is 10.2 Å². The van der Waals surface area contributed by atoms with Crippen molar-refractivity contribution in [2.75, 3.05) is 5.73 Å². The fraction of sp³-hybridized carbons (Fsp3) is 0. The van der Waals surface area contributed by atoms with Crippen LogP contribution in [0.25, 0.3) is 22.4 Å². The van der Waals surface area contributed by atoms with Gasteiger partial charge in [-0.15, -0.1) is 10.2 Å². The monoisotopic (exact) mass is 245 g/mol. The lowest BCUT2D eigenvalue weighted by Gasteiger charge is -1.94. The van der Waals surface area contributed by atoms with Crippen LogP contribution < -0.4 is 5.73 Å². The molecule has 3 rings (SSSR count). The Morgan fingerprint density at radius 2 is 1.94 bits per heavy atom. The Morgan fingerprint density at radius 3 is 2.71 bits per heavy atom. The summed E-state index contributed by atoms with van der Waals surface area (Å²) in [6.45, 7) is 0. The van der Waals surface area contributed by atoms with E-state index in [1.165, 1.54) is 0 Å². The molecule has 2 N–H and O–H groups in total. The van der Waals surface area contributed by atoms with Crippen molar-refractivity contribution in [2.45, 2.75) is 0 Å². The van der Waals surface area contributed by atoms with Crippen LogP contribution in [0.1, 0.15) is 0 Å². The molecular formula is C12H8ClN3O. The SMILES string of the molecule is Nc1ccc(-c2cc3cc(Cl)ccc3o2)nn1. The van der Waals surface area contributed by atoms with Crippen molar-refractivity contribution in [3.63, 3.8) is 0 Å². The molecule has 4 nitrogen and oxygen atoms in total. The molecule has 17 heavy (non-hydrogen) atoms. The van der Waals surface area contributed by atoms with E-state index < -0.39 is 0 Å². The van der Waals surface area contributed by atoms with Crippen LogP contribution in [0.4, 0.5) is 5.82 Å². The van der Waals surface area contributed by atoms with Crippen molar-refractivity contribution in [1.29, 1.82) is 0 Å². The molecule has 2 aromatic heterocycles. The fourth-order valence-corrected chi connectivity index (χ4v) is 1.79. The molecule has 0 bridgehead atoms. The number of nitrogens with two attached hydrogens (primary N) is 1. The Morgan fingerprint density at radius 1 is 1.06 bits per heavy atom. The Balaban J connectivity index is 2.14. The van der Waals surface area contributed by atoms with Crippen molar-refractivity contribution in [3.05, 3.63) is 41.4 Å². The van der Waals surface area contributed by atoms with Crippen LogP contribution in [0.3, 0.4) is 0 Å². The highest BCUT2D eigenvalue weighted by Gasteiger charge is 2.08. The zero-order valence-corrected chi connectivity index (χ0v) is 9.48. The maximum absolute atomic E-state index is 5.91. The van der Waals surface area contributed by atoms with Crippen molar-refractivity contribution in [2.24, 2.45) is 0 Å². The summed E-state index contributed by atoms with van der Waals surface area (Å²) in [7, 11) is 0. The largest absolute Gasteiger partial charge is 0.454 e. The number of rotatable bonds is 1. The summed E-state index contributed by atoms with van der Waals surface area (Å²) in [5.41, 5.74) is 6.89. The maximum atomic E-state index is 5.91. The first-order valence-corrected chi connectivity index (χ1v) is 5.39. The van der Waals surface area contributed by atoms with Gasteiger partial charge in [-0.25, -0.2) is 0 Å². The molecule has 0 unspecified atom stereocenters. The molecule has 0 radical (unpaired) electrons. The summed E-state index contributed by atoms with van der Waals surface area (Å²) in [6, 6.07) is 10.8. The summed E-state index contributed by atoms with van der Waals surface area (Å²) in [6.07, 6.45) is 0. The number of nitrogens with zero attached hydrogens (tertiary/aromatic N) is 2. The van der Waals surface area contributed by atoms with Crippen LogP contribution in [0.15, 0.2) is 40.8 Å². The van der Waals surface area contributed by atoms with Gasteiger partial charge in [0, 0.05) is 10.4 Å². The molecule has 2 heterocycles. The standard InChI is InChI=1S/C12H8ClN3O/c13-8-1-3-10-7(5-8)6-11(17-10)9-2-4-12(14)16-15-9/h1-6H,(H2,14,16). The average molecular weight is 246 g/mol. The molecule has 84 valence electrons. The molecule has 0 spiro atoms. The van der Waals surface area contributed by atoms with E-state index >= 15 is 0 Å². The van der Waals surface area contributed by atoms with E-state index in [9.17, 15) is 0 Å². The summed E-state index contributed by atoms with van der Waals surface area (Å²) < 4.78 is 5.65. The highest BCUT2D eigenvalue weighted by molar-refractivity contribution is 6.31. The number of furan rings is 1. The lowest BCUT2D eigenvalue weighted by molar-refractivity contribution is 0.627. The van der Waals surface area contributed by atoms with Gasteiger partial charge in [0.15, 0.2) is 5.76 Å². The molecule has 0 amide bonds. The second kappa shape index (κ2) is 3.75. The predicted molar refractivity (Wildman–Crippen MR) is 66.7 cm³/mol. The highest BCUT2D eigenvalue weighted by Crippen LogP contribution is 2.28. The van der Waals surface area contributed by atoms with E-state index in [-0.39, 0.29) is 0 Å². The third-order valence-corrected chi connectivity index (χ3v) is 2.65. The van der Waals surface area contributed by atoms with Gasteiger partial charge in [0.1, 0.15) is 17.1 Å². The quantitative estimate of drug-likeness (QED) is 0.715. The van der Waals surface area contributed by atoms with Crippen molar-refractivity contribution < 1.29 is 4.42 Å². The third-order valence-electron chi connectivity index (χ3n) is 2.42. The molecule has 0 aliphatic rings. The van der Waals surface area contributed by atoms with Gasteiger partial charge >= 0.3 is 0 Å². The number of hydrogen-bond donors (Lipinski definition) is 1. The number of fused-ring (bicyclic) bond motifs is 1. The van der Waals surface area contributed by atoms with E-state index in [0.29, 0.717) is 22.3 Å². The zero-order chi connectivity index (χ0) is 11.8. The van der Waals surface area contributed by atoms with Crippen molar-refractivity contribution in [3.8, 4) is 11.5 Å². The lowest BCUT2D eigenvalue weighted by Crippen LogP contribution is -1.92. The van der Waals surface area contributed by atoms with Gasteiger partial charge in [-0.1, -0.05) is 11.6 Å². The van der Waals surface area contributed by atoms with Crippen molar-refractivity contribution >= 4 is 28.4 Å². The van der Waals surface area contributed by atoms with Crippen LogP contribution in [0, 0.1) is 0 Å². The van der Waals surface area contributed by atoms with Crippen LogP contribution >= 0.6 is 11.6 Å². The van der Waals surface area contributed by atoms with Gasteiger partial charge in [-0.2, -0.15) is 0 Å². The molecule has 5 heteroatoms. The Kier molecular flexibility index (Phi) is 2.23. The summed E-state index contributed by atoms with van der Waals surface area (Å²) in [5, 5.41) is 9.36. The molecule has 0 atom stereocenters. The van der Waals surface area contributed by atoms with Gasteiger partial charge in [-0.3, -0.25) is 0 Å². The number of benzene rings is 1. The molecule has 0 aliphatic heterocycles. The van der Waals surface area contributed by atoms with E-state index in [1.54, 1.807) is 18.2 Å². The van der Waals surface area contributed by atoms with E-state index in [1.807, 2.05) is 18.2 Å². The first-order chi connectivity index (χ1) is 8.22. The summed E-state index contributed by atoms with van der Waals surface area (Å²) in [4.78, 5) is 0. The van der Waals surface area contributed by atoms with Gasteiger partial charge in [0.25, 0.3) is 0 Å². The number of aromatic nitrogens is 2. The second-order valence-corrected chi connectivity index (χ2v) is 4.07. The minimum atomic E-state index is 0.382. The molecular weight excluding hydrogens is 238 g/mol. The van der Waals surface area contributed by atoms with E-state index in [2.05, 4.69) is 10.2 Å². The summed E-state index contributed by atoms with van der Waals surface area (Å²) in [5.74, 6) is 1.03. The van der Waals surface area contributed by atoms with Crippen LogP contribution in [-0.2, 0) is 0 Å². The topological polar surface area (TPSA) is 64.9 Å². The van der Waals surface area contributed by atoms with Crippen LogP contribution in [0.2, 0.25) is 5.02 Å². The zero-order valence-electron chi connectivity index (χ0n) is 8.72. The Hall–Kier alpha value is -2.07. The average Bonchev–Trinajstić information content (AvgIpc) is 2.72.